The van der Waals surface area contributed by atoms with Crippen molar-refractivity contribution in [3.05, 3.63) is 58.1 Å². The van der Waals surface area contributed by atoms with Gasteiger partial charge in [0.25, 0.3) is 0 Å². The lowest BCUT2D eigenvalue weighted by molar-refractivity contribution is -0.136. The fraction of sp³-hybridized carbons (Fsp3) is 0.278. The lowest BCUT2D eigenvalue weighted by Gasteiger charge is -2.35. The second-order valence-electron chi connectivity index (χ2n) is 6.20. The first-order valence-corrected chi connectivity index (χ1v) is 10.5. The van der Waals surface area contributed by atoms with Gasteiger partial charge in [0.05, 0.1) is 11.3 Å². The van der Waals surface area contributed by atoms with E-state index >= 15 is 0 Å². The van der Waals surface area contributed by atoms with Crippen molar-refractivity contribution < 1.29 is 18.3 Å². The predicted molar refractivity (Wildman–Crippen MR) is 105 cm³/mol. The van der Waals surface area contributed by atoms with Crippen LogP contribution in [0.15, 0.2) is 47.4 Å². The molecule has 1 aliphatic heterocycles. The SMILES string of the molecule is O=C(O)Cc1ccccc1S(=O)(=O)N1CCN(c2cc(Cl)cc(Cl)c2)CC1. The maximum absolute atomic E-state index is 13.0. The lowest BCUT2D eigenvalue weighted by atomic mass is 10.1. The molecule has 0 saturated carbocycles. The first kappa shape index (κ1) is 19.9. The number of carboxylic acid groups (broad SMARTS) is 1. The van der Waals surface area contributed by atoms with Crippen LogP contribution in [0.1, 0.15) is 5.56 Å². The molecule has 0 aliphatic carbocycles. The number of sulfonamides is 1. The summed E-state index contributed by atoms with van der Waals surface area (Å²) in [4.78, 5) is 13.1. The zero-order chi connectivity index (χ0) is 19.6. The smallest absolute Gasteiger partial charge is 0.307 e. The minimum atomic E-state index is -3.77. The van der Waals surface area contributed by atoms with Gasteiger partial charge in [0.2, 0.25) is 10.0 Å². The molecule has 1 N–H and O–H groups in total. The Labute approximate surface area is 168 Å². The van der Waals surface area contributed by atoms with Crippen LogP contribution >= 0.6 is 23.2 Å². The third-order valence-corrected chi connectivity index (χ3v) is 6.82. The molecule has 1 heterocycles. The van der Waals surface area contributed by atoms with E-state index < -0.39 is 16.0 Å². The van der Waals surface area contributed by atoms with Gasteiger partial charge in [0, 0.05) is 41.9 Å². The Hall–Kier alpha value is -1.80. The summed E-state index contributed by atoms with van der Waals surface area (Å²) in [5.74, 6) is -1.07. The molecule has 3 rings (SSSR count). The van der Waals surface area contributed by atoms with E-state index in [4.69, 9.17) is 28.3 Å². The standard InChI is InChI=1S/C18H18Cl2N2O4S/c19-14-10-15(20)12-16(11-14)21-5-7-22(8-6-21)27(25,26)17-4-2-1-3-13(17)9-18(23)24/h1-4,10-12H,5-9H2,(H,23,24). The Bertz CT molecular complexity index is 937. The highest BCUT2D eigenvalue weighted by atomic mass is 35.5. The molecule has 0 bridgehead atoms. The third-order valence-electron chi connectivity index (χ3n) is 4.38. The van der Waals surface area contributed by atoms with Crippen LogP contribution in [0.3, 0.4) is 0 Å². The molecule has 27 heavy (non-hydrogen) atoms. The average molecular weight is 429 g/mol. The summed E-state index contributed by atoms with van der Waals surface area (Å²) in [6, 6.07) is 11.5. The van der Waals surface area contributed by atoms with Crippen LogP contribution in [0.5, 0.6) is 0 Å². The second kappa shape index (κ2) is 8.06. The predicted octanol–water partition coefficient (Wildman–Crippen LogP) is 3.13. The summed E-state index contributed by atoms with van der Waals surface area (Å²) in [7, 11) is -3.77. The van der Waals surface area contributed by atoms with Gasteiger partial charge >= 0.3 is 5.97 Å². The van der Waals surface area contributed by atoms with Gasteiger partial charge in [0.15, 0.2) is 0 Å². The molecule has 0 aromatic heterocycles. The molecule has 0 amide bonds. The van der Waals surface area contributed by atoms with E-state index in [1.54, 1.807) is 30.3 Å². The van der Waals surface area contributed by atoms with E-state index in [0.717, 1.165) is 5.69 Å². The molecule has 0 atom stereocenters. The van der Waals surface area contributed by atoms with E-state index in [0.29, 0.717) is 23.1 Å². The van der Waals surface area contributed by atoms with E-state index in [1.807, 2.05) is 4.90 Å². The van der Waals surface area contributed by atoms with Crippen LogP contribution in [0, 0.1) is 0 Å². The van der Waals surface area contributed by atoms with E-state index in [-0.39, 0.29) is 30.0 Å². The summed E-state index contributed by atoms with van der Waals surface area (Å²) < 4.78 is 27.4. The summed E-state index contributed by atoms with van der Waals surface area (Å²) in [6.07, 6.45) is -0.337. The molecule has 1 saturated heterocycles. The number of aliphatic carboxylic acids is 1. The number of anilines is 1. The molecule has 2 aromatic carbocycles. The molecule has 0 unspecified atom stereocenters. The third kappa shape index (κ3) is 4.55. The van der Waals surface area contributed by atoms with E-state index in [2.05, 4.69) is 0 Å². The summed E-state index contributed by atoms with van der Waals surface area (Å²) in [5, 5.41) is 10.1. The molecule has 6 nitrogen and oxygen atoms in total. The van der Waals surface area contributed by atoms with Crippen molar-refractivity contribution >= 4 is 44.9 Å². The van der Waals surface area contributed by atoms with Gasteiger partial charge < -0.3 is 10.0 Å². The first-order valence-electron chi connectivity index (χ1n) is 8.28. The Balaban J connectivity index is 1.78. The van der Waals surface area contributed by atoms with Crippen LogP contribution in [-0.2, 0) is 21.2 Å². The molecule has 0 spiro atoms. The first-order chi connectivity index (χ1) is 12.8. The van der Waals surface area contributed by atoms with Crippen molar-refractivity contribution in [1.82, 2.24) is 4.31 Å². The van der Waals surface area contributed by atoms with Gasteiger partial charge in [0.1, 0.15) is 0 Å². The van der Waals surface area contributed by atoms with Crippen LogP contribution < -0.4 is 4.90 Å². The fourth-order valence-corrected chi connectivity index (χ4v) is 5.27. The average Bonchev–Trinajstić information content (AvgIpc) is 2.61. The number of rotatable bonds is 5. The van der Waals surface area contributed by atoms with Crippen molar-refractivity contribution in [3.8, 4) is 0 Å². The van der Waals surface area contributed by atoms with E-state index in [1.165, 1.54) is 16.4 Å². The van der Waals surface area contributed by atoms with Crippen molar-refractivity contribution in [2.75, 3.05) is 31.1 Å². The van der Waals surface area contributed by atoms with Gasteiger partial charge in [-0.1, -0.05) is 41.4 Å². The number of halogens is 2. The Kier molecular flexibility index (Phi) is 5.95. The largest absolute Gasteiger partial charge is 0.481 e. The fourth-order valence-electron chi connectivity index (χ4n) is 3.11. The van der Waals surface area contributed by atoms with E-state index in [9.17, 15) is 13.2 Å². The van der Waals surface area contributed by atoms with Gasteiger partial charge in [-0.2, -0.15) is 4.31 Å². The molecule has 2 aromatic rings. The quantitative estimate of drug-likeness (QED) is 0.791. The van der Waals surface area contributed by atoms with Crippen molar-refractivity contribution in [1.29, 1.82) is 0 Å². The molecular formula is C18H18Cl2N2O4S. The summed E-state index contributed by atoms with van der Waals surface area (Å²) >= 11 is 12.1. The number of hydrogen-bond donors (Lipinski definition) is 1. The topological polar surface area (TPSA) is 77.9 Å². The van der Waals surface area contributed by atoms with Gasteiger partial charge in [-0.15, -0.1) is 0 Å². The molecule has 1 fully saturated rings. The van der Waals surface area contributed by atoms with Crippen LogP contribution in [-0.4, -0.2) is 50.0 Å². The Morgan fingerprint density at radius 3 is 2.19 bits per heavy atom. The molecule has 144 valence electrons. The number of benzene rings is 2. The van der Waals surface area contributed by atoms with Crippen molar-refractivity contribution in [2.45, 2.75) is 11.3 Å². The normalized spacial score (nSPS) is 15.7. The maximum atomic E-state index is 13.0. The number of carbonyl (C=O) groups is 1. The zero-order valence-corrected chi connectivity index (χ0v) is 16.6. The minimum absolute atomic E-state index is 0.0478. The van der Waals surface area contributed by atoms with Crippen molar-refractivity contribution in [2.24, 2.45) is 0 Å². The van der Waals surface area contributed by atoms with Crippen molar-refractivity contribution in [3.63, 3.8) is 0 Å². The highest BCUT2D eigenvalue weighted by molar-refractivity contribution is 7.89. The Morgan fingerprint density at radius 1 is 1.00 bits per heavy atom. The molecular weight excluding hydrogens is 411 g/mol. The number of piperazine rings is 1. The highest BCUT2D eigenvalue weighted by Crippen LogP contribution is 2.28. The highest BCUT2D eigenvalue weighted by Gasteiger charge is 2.30. The molecule has 1 aliphatic rings. The minimum Gasteiger partial charge on any atom is -0.481 e. The van der Waals surface area contributed by atoms with Gasteiger partial charge in [-0.25, -0.2) is 8.42 Å². The molecule has 9 heteroatoms. The number of nitrogens with zero attached hydrogens (tertiary/aromatic N) is 2. The van der Waals surface area contributed by atoms with Crippen LogP contribution in [0.2, 0.25) is 10.0 Å². The zero-order valence-electron chi connectivity index (χ0n) is 14.3. The van der Waals surface area contributed by atoms with Gasteiger partial charge in [-0.3, -0.25) is 4.79 Å². The van der Waals surface area contributed by atoms with Crippen LogP contribution in [0.25, 0.3) is 0 Å². The maximum Gasteiger partial charge on any atom is 0.307 e. The second-order valence-corrected chi connectivity index (χ2v) is 8.98. The lowest BCUT2D eigenvalue weighted by Crippen LogP contribution is -2.48. The summed E-state index contributed by atoms with van der Waals surface area (Å²) in [6.45, 7) is 1.54. The summed E-state index contributed by atoms with van der Waals surface area (Å²) in [5.41, 5.74) is 1.13. The monoisotopic (exact) mass is 428 g/mol. The van der Waals surface area contributed by atoms with Crippen LogP contribution in [0.4, 0.5) is 5.69 Å². The molecule has 0 radical (unpaired) electrons. The number of hydrogen-bond acceptors (Lipinski definition) is 4. The Morgan fingerprint density at radius 2 is 1.59 bits per heavy atom. The van der Waals surface area contributed by atoms with Gasteiger partial charge in [-0.05, 0) is 29.8 Å². The number of carboxylic acids is 1.